The van der Waals surface area contributed by atoms with Crippen LogP contribution in [-0.2, 0) is 16.3 Å². The SMILES string of the molecule is Cc1ccc(P2(=S)OC(c3ccc(Cl)cc3)=Nc3c2c(C)nn3-c2ccccc2)o1. The van der Waals surface area contributed by atoms with Crippen LogP contribution in [0, 0.1) is 13.8 Å². The highest BCUT2D eigenvalue weighted by atomic mass is 35.5. The molecule has 1 aliphatic rings. The summed E-state index contributed by atoms with van der Waals surface area (Å²) in [5, 5.41) is 6.21. The first kappa shape index (κ1) is 19.3. The molecule has 0 N–H and O–H groups in total. The van der Waals surface area contributed by atoms with Gasteiger partial charge in [0, 0.05) is 10.6 Å². The lowest BCUT2D eigenvalue weighted by molar-refractivity contribution is 0.549. The predicted octanol–water partition coefficient (Wildman–Crippen LogP) is 5.19. The molecular weight excluding hydrogens is 437 g/mol. The Morgan fingerprint density at radius 1 is 0.967 bits per heavy atom. The fourth-order valence-electron chi connectivity index (χ4n) is 3.43. The second-order valence-electron chi connectivity index (χ2n) is 6.96. The summed E-state index contributed by atoms with van der Waals surface area (Å²) in [4.78, 5) is 4.84. The Bertz CT molecular complexity index is 1330. The van der Waals surface area contributed by atoms with E-state index in [0.29, 0.717) is 22.2 Å². The number of para-hydroxylation sites is 1. The molecule has 2 aromatic heterocycles. The number of aromatic nitrogens is 2. The number of furan rings is 1. The van der Waals surface area contributed by atoms with Gasteiger partial charge in [0.25, 0.3) is 0 Å². The van der Waals surface area contributed by atoms with Gasteiger partial charge in [-0.15, -0.1) is 0 Å². The van der Waals surface area contributed by atoms with Gasteiger partial charge in [-0.2, -0.15) is 10.1 Å². The van der Waals surface area contributed by atoms with Crippen LogP contribution in [0.15, 0.2) is 76.1 Å². The fourth-order valence-corrected chi connectivity index (χ4v) is 6.91. The summed E-state index contributed by atoms with van der Waals surface area (Å²) < 4.78 is 14.2. The summed E-state index contributed by atoms with van der Waals surface area (Å²) in [6.07, 6.45) is -2.79. The van der Waals surface area contributed by atoms with Crippen LogP contribution in [0.4, 0.5) is 5.82 Å². The molecule has 4 aromatic rings. The van der Waals surface area contributed by atoms with E-state index < -0.39 is 6.26 Å². The minimum absolute atomic E-state index is 0.439. The first-order chi connectivity index (χ1) is 14.5. The lowest BCUT2D eigenvalue weighted by Crippen LogP contribution is -2.25. The fraction of sp³-hybridized carbons (Fsp3) is 0.0909. The number of hydrogen-bond acceptors (Lipinski definition) is 5. The van der Waals surface area contributed by atoms with Gasteiger partial charge in [-0.25, -0.2) is 4.68 Å². The van der Waals surface area contributed by atoms with Gasteiger partial charge in [-0.05, 0) is 74.2 Å². The van der Waals surface area contributed by atoms with E-state index >= 15 is 0 Å². The van der Waals surface area contributed by atoms with Crippen molar-refractivity contribution in [1.82, 2.24) is 9.78 Å². The van der Waals surface area contributed by atoms with E-state index in [1.54, 1.807) is 12.1 Å². The molecule has 0 saturated carbocycles. The average Bonchev–Trinajstić information content (AvgIpc) is 3.33. The van der Waals surface area contributed by atoms with Gasteiger partial charge < -0.3 is 8.94 Å². The monoisotopic (exact) mass is 453 g/mol. The van der Waals surface area contributed by atoms with Crippen LogP contribution >= 0.6 is 17.9 Å². The maximum Gasteiger partial charge on any atom is 0.227 e. The molecular formula is C22H17ClN3O2PS. The Morgan fingerprint density at radius 3 is 2.37 bits per heavy atom. The third kappa shape index (κ3) is 3.12. The lowest BCUT2D eigenvalue weighted by Gasteiger charge is -2.26. The molecule has 5 rings (SSSR count). The number of benzene rings is 2. The van der Waals surface area contributed by atoms with E-state index in [-0.39, 0.29) is 0 Å². The summed E-state index contributed by atoms with van der Waals surface area (Å²) >= 11 is 12.2. The maximum atomic E-state index is 6.44. The Labute approximate surface area is 184 Å². The van der Waals surface area contributed by atoms with E-state index in [0.717, 1.165) is 28.0 Å². The van der Waals surface area contributed by atoms with Crippen LogP contribution in [0.25, 0.3) is 5.69 Å². The highest BCUT2D eigenvalue weighted by Crippen LogP contribution is 2.52. The van der Waals surface area contributed by atoms with Crippen molar-refractivity contribution in [3.05, 3.63) is 88.8 Å². The molecule has 2 aromatic carbocycles. The normalized spacial score (nSPS) is 17.9. The van der Waals surface area contributed by atoms with Crippen LogP contribution in [-0.4, -0.2) is 15.7 Å². The molecule has 0 bridgehead atoms. The van der Waals surface area contributed by atoms with Crippen LogP contribution in [0.3, 0.4) is 0 Å². The Balaban J connectivity index is 1.78. The molecule has 3 heterocycles. The zero-order chi connectivity index (χ0) is 20.9. The maximum absolute atomic E-state index is 6.44. The number of fused-ring (bicyclic) bond motifs is 1. The molecule has 0 saturated heterocycles. The number of nitrogens with zero attached hydrogens (tertiary/aromatic N) is 3. The van der Waals surface area contributed by atoms with E-state index in [1.165, 1.54) is 0 Å². The summed E-state index contributed by atoms with van der Waals surface area (Å²) in [5.74, 6) is 1.89. The van der Waals surface area contributed by atoms with Gasteiger partial charge in [-0.1, -0.05) is 29.8 Å². The van der Waals surface area contributed by atoms with Crippen molar-refractivity contribution >= 4 is 52.2 Å². The molecule has 8 heteroatoms. The second-order valence-corrected chi connectivity index (χ2v) is 11.1. The third-order valence-electron chi connectivity index (χ3n) is 4.83. The molecule has 1 unspecified atom stereocenters. The predicted molar refractivity (Wildman–Crippen MR) is 124 cm³/mol. The minimum Gasteiger partial charge on any atom is -0.457 e. The van der Waals surface area contributed by atoms with Crippen LogP contribution in [0.2, 0.25) is 5.02 Å². The molecule has 5 nitrogen and oxygen atoms in total. The van der Waals surface area contributed by atoms with Crippen molar-refractivity contribution in [2.75, 3.05) is 0 Å². The number of halogens is 1. The molecule has 0 spiro atoms. The Morgan fingerprint density at radius 2 is 1.70 bits per heavy atom. The highest BCUT2D eigenvalue weighted by Gasteiger charge is 2.40. The standard InChI is InChI=1S/C22H17ClN3O2PS/c1-14-8-13-19(27-14)29(30)20-15(2)25-26(18-6-4-3-5-7-18)21(20)24-22(28-29)16-9-11-17(23)12-10-16/h3-13H,1-2H3. The Kier molecular flexibility index (Phi) is 4.66. The first-order valence-electron chi connectivity index (χ1n) is 9.32. The number of aliphatic imine (C=N–C) groups is 1. The molecule has 0 aliphatic carbocycles. The van der Waals surface area contributed by atoms with Crippen LogP contribution < -0.4 is 10.8 Å². The summed E-state index contributed by atoms with van der Waals surface area (Å²) in [6, 6.07) is 21.0. The topological polar surface area (TPSA) is 52.6 Å². The van der Waals surface area contributed by atoms with Crippen molar-refractivity contribution in [2.45, 2.75) is 13.8 Å². The molecule has 1 aliphatic heterocycles. The third-order valence-corrected chi connectivity index (χ3v) is 8.76. The number of hydrogen-bond donors (Lipinski definition) is 0. The summed E-state index contributed by atoms with van der Waals surface area (Å²) in [6.45, 7) is 3.82. The largest absolute Gasteiger partial charge is 0.457 e. The van der Waals surface area contributed by atoms with E-state index in [9.17, 15) is 0 Å². The smallest absolute Gasteiger partial charge is 0.227 e. The average molecular weight is 454 g/mol. The second kappa shape index (κ2) is 7.24. The zero-order valence-corrected chi connectivity index (χ0v) is 18.7. The highest BCUT2D eigenvalue weighted by molar-refractivity contribution is 8.19. The molecule has 30 heavy (non-hydrogen) atoms. The van der Waals surface area contributed by atoms with E-state index in [1.807, 2.05) is 73.1 Å². The van der Waals surface area contributed by atoms with Crippen molar-refractivity contribution < 1.29 is 8.94 Å². The molecule has 0 amide bonds. The van der Waals surface area contributed by atoms with Gasteiger partial charge in [0.05, 0.1) is 16.7 Å². The first-order valence-corrected chi connectivity index (χ1v) is 12.4. The molecule has 1 atom stereocenters. The quantitative estimate of drug-likeness (QED) is 0.401. The minimum atomic E-state index is -2.79. The van der Waals surface area contributed by atoms with Gasteiger partial charge in [0.15, 0.2) is 11.3 Å². The van der Waals surface area contributed by atoms with Crippen molar-refractivity contribution in [1.29, 1.82) is 0 Å². The molecule has 0 fully saturated rings. The lowest BCUT2D eigenvalue weighted by atomic mass is 10.2. The van der Waals surface area contributed by atoms with Gasteiger partial charge in [0.1, 0.15) is 5.76 Å². The van der Waals surface area contributed by atoms with E-state index in [4.69, 9.17) is 42.4 Å². The number of rotatable bonds is 3. The van der Waals surface area contributed by atoms with Gasteiger partial charge in [0.2, 0.25) is 12.2 Å². The Hall–Kier alpha value is -2.66. The molecule has 150 valence electrons. The summed E-state index contributed by atoms with van der Waals surface area (Å²) in [5.41, 5.74) is 3.11. The van der Waals surface area contributed by atoms with Gasteiger partial charge in [-0.3, -0.25) is 0 Å². The van der Waals surface area contributed by atoms with E-state index in [2.05, 4.69) is 0 Å². The van der Waals surface area contributed by atoms with Crippen molar-refractivity contribution in [3.8, 4) is 5.69 Å². The molecule has 0 radical (unpaired) electrons. The van der Waals surface area contributed by atoms with Crippen LogP contribution in [0.1, 0.15) is 17.0 Å². The summed E-state index contributed by atoms with van der Waals surface area (Å²) in [7, 11) is 0. The van der Waals surface area contributed by atoms with Gasteiger partial charge >= 0.3 is 0 Å². The van der Waals surface area contributed by atoms with Crippen molar-refractivity contribution in [2.24, 2.45) is 4.99 Å². The number of aryl methyl sites for hydroxylation is 2. The van der Waals surface area contributed by atoms with Crippen LogP contribution in [0.5, 0.6) is 0 Å². The zero-order valence-electron chi connectivity index (χ0n) is 16.2. The van der Waals surface area contributed by atoms with Crippen molar-refractivity contribution in [3.63, 3.8) is 0 Å².